The van der Waals surface area contributed by atoms with Gasteiger partial charge in [0.25, 0.3) is 5.91 Å². The van der Waals surface area contributed by atoms with Crippen molar-refractivity contribution in [2.75, 3.05) is 5.73 Å². The van der Waals surface area contributed by atoms with Crippen LogP contribution in [0, 0.1) is 12.7 Å². The predicted molar refractivity (Wildman–Crippen MR) is 73.2 cm³/mol. The molecule has 3 N–H and O–H groups in total. The predicted octanol–water partition coefficient (Wildman–Crippen LogP) is 2.65. The fourth-order valence-corrected chi connectivity index (χ4v) is 1.86. The summed E-state index contributed by atoms with van der Waals surface area (Å²) >= 11 is 0. The molecule has 0 spiro atoms. The third-order valence-corrected chi connectivity index (χ3v) is 2.84. The second kappa shape index (κ2) is 5.52. The van der Waals surface area contributed by atoms with Gasteiger partial charge in [0.1, 0.15) is 5.82 Å². The molecule has 3 nitrogen and oxygen atoms in total. The lowest BCUT2D eigenvalue weighted by Gasteiger charge is -2.08. The van der Waals surface area contributed by atoms with Gasteiger partial charge in [-0.15, -0.1) is 0 Å². The smallest absolute Gasteiger partial charge is 0.251 e. The molecule has 2 aromatic carbocycles. The highest BCUT2D eigenvalue weighted by atomic mass is 19.1. The molecular formula is C15H15FN2O. The minimum atomic E-state index is -0.343. The minimum Gasteiger partial charge on any atom is -0.399 e. The largest absolute Gasteiger partial charge is 0.399 e. The highest BCUT2D eigenvalue weighted by molar-refractivity contribution is 5.95. The Labute approximate surface area is 111 Å². The van der Waals surface area contributed by atoms with Crippen molar-refractivity contribution in [2.45, 2.75) is 13.5 Å². The summed E-state index contributed by atoms with van der Waals surface area (Å²) in [6.07, 6.45) is 0. The van der Waals surface area contributed by atoms with E-state index in [4.69, 9.17) is 5.73 Å². The van der Waals surface area contributed by atoms with Crippen molar-refractivity contribution in [2.24, 2.45) is 0 Å². The van der Waals surface area contributed by atoms with Crippen molar-refractivity contribution in [3.05, 3.63) is 65.0 Å². The van der Waals surface area contributed by atoms with E-state index in [0.717, 1.165) is 5.56 Å². The standard InChI is InChI=1S/C15H15FN2O/c1-10-7-12(16)5-6-14(10)15(19)18-9-11-3-2-4-13(17)8-11/h2-8H,9,17H2,1H3,(H,18,19). The molecule has 4 heteroatoms. The van der Waals surface area contributed by atoms with Crippen LogP contribution in [0.25, 0.3) is 0 Å². The summed E-state index contributed by atoms with van der Waals surface area (Å²) < 4.78 is 13.0. The number of nitrogens with two attached hydrogens (primary N) is 1. The van der Waals surface area contributed by atoms with Crippen LogP contribution in [0.2, 0.25) is 0 Å². The number of halogens is 1. The number of amides is 1. The molecule has 0 heterocycles. The Kier molecular flexibility index (Phi) is 3.80. The fraction of sp³-hybridized carbons (Fsp3) is 0.133. The SMILES string of the molecule is Cc1cc(F)ccc1C(=O)NCc1cccc(N)c1. The van der Waals surface area contributed by atoms with Crippen LogP contribution in [0.5, 0.6) is 0 Å². The molecule has 0 saturated heterocycles. The summed E-state index contributed by atoms with van der Waals surface area (Å²) in [5.41, 5.74) is 8.34. The molecule has 2 rings (SSSR count). The Morgan fingerprint density at radius 3 is 2.74 bits per heavy atom. The van der Waals surface area contributed by atoms with Gasteiger partial charge in [-0.1, -0.05) is 12.1 Å². The third-order valence-electron chi connectivity index (χ3n) is 2.84. The lowest BCUT2D eigenvalue weighted by atomic mass is 10.1. The zero-order chi connectivity index (χ0) is 13.8. The summed E-state index contributed by atoms with van der Waals surface area (Å²) in [4.78, 5) is 12.0. The number of hydrogen-bond acceptors (Lipinski definition) is 2. The van der Waals surface area contributed by atoms with E-state index in [9.17, 15) is 9.18 Å². The summed E-state index contributed by atoms with van der Waals surface area (Å²) in [6.45, 7) is 2.10. The average Bonchev–Trinajstić information content (AvgIpc) is 2.36. The zero-order valence-electron chi connectivity index (χ0n) is 10.6. The van der Waals surface area contributed by atoms with Gasteiger partial charge in [0.15, 0.2) is 0 Å². The van der Waals surface area contributed by atoms with Gasteiger partial charge < -0.3 is 11.1 Å². The van der Waals surface area contributed by atoms with Crippen molar-refractivity contribution in [3.63, 3.8) is 0 Å². The van der Waals surface area contributed by atoms with Gasteiger partial charge in [0.05, 0.1) is 0 Å². The Bertz CT molecular complexity index is 611. The van der Waals surface area contributed by atoms with Gasteiger partial charge in [-0.3, -0.25) is 4.79 Å². The first-order chi connectivity index (χ1) is 9.06. The van der Waals surface area contributed by atoms with Gasteiger partial charge in [0, 0.05) is 17.8 Å². The Balaban J connectivity index is 2.05. The summed E-state index contributed by atoms with van der Waals surface area (Å²) in [5.74, 6) is -0.565. The molecule has 0 atom stereocenters. The lowest BCUT2D eigenvalue weighted by molar-refractivity contribution is 0.0950. The van der Waals surface area contributed by atoms with E-state index in [2.05, 4.69) is 5.32 Å². The van der Waals surface area contributed by atoms with Crippen LogP contribution in [0.3, 0.4) is 0 Å². The monoisotopic (exact) mass is 258 g/mol. The zero-order valence-corrected chi connectivity index (χ0v) is 10.6. The van der Waals surface area contributed by atoms with Gasteiger partial charge in [-0.2, -0.15) is 0 Å². The molecule has 0 aliphatic heterocycles. The maximum Gasteiger partial charge on any atom is 0.251 e. The van der Waals surface area contributed by atoms with Gasteiger partial charge in [0.2, 0.25) is 0 Å². The number of hydrogen-bond donors (Lipinski definition) is 2. The minimum absolute atomic E-state index is 0.222. The Morgan fingerprint density at radius 1 is 1.26 bits per heavy atom. The molecule has 2 aromatic rings. The first kappa shape index (κ1) is 13.1. The van der Waals surface area contributed by atoms with Crippen molar-refractivity contribution in [1.29, 1.82) is 0 Å². The molecule has 0 unspecified atom stereocenters. The topological polar surface area (TPSA) is 55.1 Å². The van der Waals surface area contributed by atoms with Crippen molar-refractivity contribution < 1.29 is 9.18 Å². The van der Waals surface area contributed by atoms with E-state index >= 15 is 0 Å². The summed E-state index contributed by atoms with van der Waals surface area (Å²) in [5, 5.41) is 2.79. The maximum atomic E-state index is 13.0. The third kappa shape index (κ3) is 3.31. The van der Waals surface area contributed by atoms with Crippen LogP contribution in [-0.2, 0) is 6.54 Å². The number of nitrogens with one attached hydrogen (secondary N) is 1. The van der Waals surface area contributed by atoms with Crippen molar-refractivity contribution in [3.8, 4) is 0 Å². The van der Waals surface area contributed by atoms with E-state index in [1.807, 2.05) is 12.1 Å². The first-order valence-corrected chi connectivity index (χ1v) is 5.95. The highest BCUT2D eigenvalue weighted by Crippen LogP contribution is 2.11. The molecule has 0 aromatic heterocycles. The number of rotatable bonds is 3. The van der Waals surface area contributed by atoms with E-state index in [0.29, 0.717) is 23.4 Å². The molecule has 98 valence electrons. The quantitative estimate of drug-likeness (QED) is 0.831. The number of anilines is 1. The van der Waals surface area contributed by atoms with Crippen LogP contribution < -0.4 is 11.1 Å². The van der Waals surface area contributed by atoms with E-state index in [1.54, 1.807) is 19.1 Å². The van der Waals surface area contributed by atoms with E-state index in [1.165, 1.54) is 18.2 Å². The van der Waals surface area contributed by atoms with E-state index in [-0.39, 0.29) is 11.7 Å². The number of benzene rings is 2. The fourth-order valence-electron chi connectivity index (χ4n) is 1.86. The second-order valence-corrected chi connectivity index (χ2v) is 4.39. The van der Waals surface area contributed by atoms with Crippen LogP contribution in [-0.4, -0.2) is 5.91 Å². The van der Waals surface area contributed by atoms with Crippen LogP contribution in [0.15, 0.2) is 42.5 Å². The Hall–Kier alpha value is -2.36. The van der Waals surface area contributed by atoms with Crippen molar-refractivity contribution in [1.82, 2.24) is 5.32 Å². The lowest BCUT2D eigenvalue weighted by Crippen LogP contribution is -2.23. The number of nitrogen functional groups attached to an aromatic ring is 1. The van der Waals surface area contributed by atoms with Crippen molar-refractivity contribution >= 4 is 11.6 Å². The molecular weight excluding hydrogens is 243 g/mol. The Morgan fingerprint density at radius 2 is 2.05 bits per heavy atom. The van der Waals surface area contributed by atoms with Gasteiger partial charge >= 0.3 is 0 Å². The molecule has 19 heavy (non-hydrogen) atoms. The highest BCUT2D eigenvalue weighted by Gasteiger charge is 2.09. The van der Waals surface area contributed by atoms with Crippen LogP contribution in [0.4, 0.5) is 10.1 Å². The molecule has 0 aliphatic carbocycles. The normalized spacial score (nSPS) is 10.2. The average molecular weight is 258 g/mol. The molecule has 0 fully saturated rings. The maximum absolute atomic E-state index is 13.0. The molecule has 0 aliphatic rings. The molecule has 0 bridgehead atoms. The number of aryl methyl sites for hydroxylation is 1. The van der Waals surface area contributed by atoms with Crippen LogP contribution in [0.1, 0.15) is 21.5 Å². The molecule has 0 radical (unpaired) electrons. The molecule has 1 amide bonds. The van der Waals surface area contributed by atoms with E-state index < -0.39 is 0 Å². The summed E-state index contributed by atoms with van der Waals surface area (Å²) in [6, 6.07) is 11.4. The summed E-state index contributed by atoms with van der Waals surface area (Å²) in [7, 11) is 0. The van der Waals surface area contributed by atoms with Crippen LogP contribution >= 0.6 is 0 Å². The number of carbonyl (C=O) groups excluding carboxylic acids is 1. The second-order valence-electron chi connectivity index (χ2n) is 4.39. The van der Waals surface area contributed by atoms with Gasteiger partial charge in [-0.05, 0) is 48.4 Å². The molecule has 0 saturated carbocycles. The first-order valence-electron chi connectivity index (χ1n) is 5.95. The number of carbonyl (C=O) groups is 1. The van der Waals surface area contributed by atoms with Gasteiger partial charge in [-0.25, -0.2) is 4.39 Å².